The van der Waals surface area contributed by atoms with Crippen LogP contribution in [0, 0.1) is 0 Å². The number of carbonyl (C=O) groups is 1. The van der Waals surface area contributed by atoms with E-state index in [1.807, 2.05) is 24.3 Å². The quantitative estimate of drug-likeness (QED) is 0.582. The third-order valence-electron chi connectivity index (χ3n) is 5.24. The molecular weight excluding hydrogens is 422 g/mol. The predicted molar refractivity (Wildman–Crippen MR) is 116 cm³/mol. The number of aromatic nitrogens is 1. The Morgan fingerprint density at radius 1 is 1.23 bits per heavy atom. The maximum atomic E-state index is 13.2. The van der Waals surface area contributed by atoms with E-state index in [4.69, 9.17) is 4.74 Å². The number of methoxy groups -OCH3 is 1. The number of benzene rings is 2. The van der Waals surface area contributed by atoms with Gasteiger partial charge in [0.2, 0.25) is 15.9 Å². The van der Waals surface area contributed by atoms with Gasteiger partial charge < -0.3 is 9.64 Å². The number of thiazole rings is 1. The van der Waals surface area contributed by atoms with Crippen LogP contribution >= 0.6 is 11.3 Å². The Balaban J connectivity index is 1.52. The molecular formula is C21H23N3O4S2. The number of fused-ring (bicyclic) bond motifs is 1. The van der Waals surface area contributed by atoms with E-state index in [0.717, 1.165) is 15.2 Å². The molecule has 2 aromatic carbocycles. The van der Waals surface area contributed by atoms with Gasteiger partial charge in [-0.1, -0.05) is 12.1 Å². The highest BCUT2D eigenvalue weighted by molar-refractivity contribution is 7.89. The first-order valence-corrected chi connectivity index (χ1v) is 11.9. The van der Waals surface area contributed by atoms with Crippen molar-refractivity contribution in [1.82, 2.24) is 14.2 Å². The Labute approximate surface area is 179 Å². The van der Waals surface area contributed by atoms with Crippen LogP contribution in [0.5, 0.6) is 5.75 Å². The third kappa shape index (κ3) is 3.92. The summed E-state index contributed by atoms with van der Waals surface area (Å²) in [6.45, 7) is 0.685. The van der Waals surface area contributed by atoms with E-state index in [1.54, 1.807) is 35.4 Å². The second-order valence-corrected chi connectivity index (χ2v) is 10.2. The molecule has 30 heavy (non-hydrogen) atoms. The second-order valence-electron chi connectivity index (χ2n) is 7.22. The van der Waals surface area contributed by atoms with Gasteiger partial charge in [0, 0.05) is 13.6 Å². The Morgan fingerprint density at radius 3 is 2.67 bits per heavy atom. The van der Waals surface area contributed by atoms with Crippen LogP contribution in [0.2, 0.25) is 0 Å². The highest BCUT2D eigenvalue weighted by Gasteiger charge is 2.40. The molecule has 1 aliphatic heterocycles. The second kappa shape index (κ2) is 8.33. The molecule has 3 aromatic rings. The molecule has 1 unspecified atom stereocenters. The van der Waals surface area contributed by atoms with Crippen LogP contribution < -0.4 is 4.74 Å². The molecule has 9 heteroatoms. The smallest absolute Gasteiger partial charge is 0.243 e. The highest BCUT2D eigenvalue weighted by atomic mass is 32.2. The van der Waals surface area contributed by atoms with Gasteiger partial charge in [0.05, 0.1) is 28.8 Å². The molecule has 1 fully saturated rings. The number of hydrogen-bond donors (Lipinski definition) is 0. The van der Waals surface area contributed by atoms with Gasteiger partial charge in [0.1, 0.15) is 16.8 Å². The lowest BCUT2D eigenvalue weighted by Gasteiger charge is -2.27. The van der Waals surface area contributed by atoms with Crippen molar-refractivity contribution in [1.29, 1.82) is 0 Å². The number of likely N-dealkylation sites (N-methyl/N-ethyl adjacent to an activating group) is 1. The van der Waals surface area contributed by atoms with Gasteiger partial charge in [-0.2, -0.15) is 4.31 Å². The van der Waals surface area contributed by atoms with E-state index in [-0.39, 0.29) is 10.8 Å². The fraction of sp³-hybridized carbons (Fsp3) is 0.333. The number of hydrogen-bond acceptors (Lipinski definition) is 6. The van der Waals surface area contributed by atoms with Crippen LogP contribution in [0.15, 0.2) is 53.4 Å². The van der Waals surface area contributed by atoms with Crippen LogP contribution in [-0.4, -0.2) is 55.3 Å². The summed E-state index contributed by atoms with van der Waals surface area (Å²) >= 11 is 1.54. The Bertz CT molecular complexity index is 1130. The van der Waals surface area contributed by atoms with E-state index < -0.39 is 16.1 Å². The molecule has 0 bridgehead atoms. The van der Waals surface area contributed by atoms with Crippen molar-refractivity contribution in [2.75, 3.05) is 20.7 Å². The molecule has 158 valence electrons. The number of rotatable bonds is 6. The van der Waals surface area contributed by atoms with E-state index in [0.29, 0.717) is 31.7 Å². The number of ether oxygens (including phenoxy) is 1. The average Bonchev–Trinajstić information content (AvgIpc) is 3.40. The SMILES string of the molecule is COc1ccc(S(=O)(=O)N2CCCC2C(=O)N(C)Cc2nc3ccccc3s2)cc1. The summed E-state index contributed by atoms with van der Waals surface area (Å²) in [5.74, 6) is 0.377. The summed E-state index contributed by atoms with van der Waals surface area (Å²) in [4.78, 5) is 19.4. The molecule has 0 N–H and O–H groups in total. The zero-order valence-electron chi connectivity index (χ0n) is 16.8. The minimum atomic E-state index is -3.77. The minimum Gasteiger partial charge on any atom is -0.497 e. The Hall–Kier alpha value is -2.49. The fourth-order valence-corrected chi connectivity index (χ4v) is 6.35. The van der Waals surface area contributed by atoms with Gasteiger partial charge in [-0.25, -0.2) is 13.4 Å². The summed E-state index contributed by atoms with van der Waals surface area (Å²) in [5.41, 5.74) is 0.905. The number of para-hydroxylation sites is 1. The Kier molecular flexibility index (Phi) is 5.77. The molecule has 0 aliphatic carbocycles. The zero-order valence-corrected chi connectivity index (χ0v) is 18.4. The van der Waals surface area contributed by atoms with Gasteiger partial charge in [0.15, 0.2) is 0 Å². The summed E-state index contributed by atoms with van der Waals surface area (Å²) < 4.78 is 33.8. The first-order chi connectivity index (χ1) is 14.4. The summed E-state index contributed by atoms with van der Waals surface area (Å²) in [5, 5.41) is 0.828. The Morgan fingerprint density at radius 2 is 1.97 bits per heavy atom. The topological polar surface area (TPSA) is 79.8 Å². The van der Waals surface area contributed by atoms with Crippen molar-refractivity contribution in [2.24, 2.45) is 0 Å². The molecule has 0 saturated carbocycles. The standard InChI is InChI=1S/C21H23N3O4S2/c1-23(14-20-22-17-6-3-4-8-19(17)29-20)21(25)18-7-5-13-24(18)30(26,27)16-11-9-15(28-2)10-12-16/h3-4,6,8-12,18H,5,7,13-14H2,1-2H3. The first-order valence-electron chi connectivity index (χ1n) is 9.65. The largest absolute Gasteiger partial charge is 0.497 e. The van der Waals surface area contributed by atoms with Crippen molar-refractivity contribution >= 4 is 37.5 Å². The molecule has 1 aromatic heterocycles. The lowest BCUT2D eigenvalue weighted by Crippen LogP contribution is -2.46. The highest BCUT2D eigenvalue weighted by Crippen LogP contribution is 2.29. The normalized spacial score (nSPS) is 17.3. The monoisotopic (exact) mass is 445 g/mol. The molecule has 1 amide bonds. The maximum Gasteiger partial charge on any atom is 0.243 e. The predicted octanol–water partition coefficient (Wildman–Crippen LogP) is 3.12. The van der Waals surface area contributed by atoms with Gasteiger partial charge in [-0.05, 0) is 49.2 Å². The zero-order chi connectivity index (χ0) is 21.3. The maximum absolute atomic E-state index is 13.2. The van der Waals surface area contributed by atoms with Crippen LogP contribution in [0.4, 0.5) is 0 Å². The number of nitrogens with zero attached hydrogens (tertiary/aromatic N) is 3. The first kappa shape index (κ1) is 20.8. The van der Waals surface area contributed by atoms with E-state index >= 15 is 0 Å². The van der Waals surface area contributed by atoms with Crippen LogP contribution in [0.3, 0.4) is 0 Å². The van der Waals surface area contributed by atoms with E-state index in [9.17, 15) is 13.2 Å². The lowest BCUT2D eigenvalue weighted by molar-refractivity contribution is -0.133. The number of amides is 1. The van der Waals surface area contributed by atoms with E-state index in [1.165, 1.54) is 23.5 Å². The van der Waals surface area contributed by atoms with Crippen LogP contribution in [-0.2, 0) is 21.4 Å². The summed E-state index contributed by atoms with van der Waals surface area (Å²) in [7, 11) is -0.540. The molecule has 4 rings (SSSR count). The van der Waals surface area contributed by atoms with Crippen LogP contribution in [0.25, 0.3) is 10.2 Å². The van der Waals surface area contributed by atoms with Gasteiger partial charge in [-0.15, -0.1) is 11.3 Å². The number of sulfonamides is 1. The van der Waals surface area contributed by atoms with Crippen molar-refractivity contribution in [3.05, 3.63) is 53.5 Å². The number of carbonyl (C=O) groups excluding carboxylic acids is 1. The van der Waals surface area contributed by atoms with Crippen molar-refractivity contribution in [2.45, 2.75) is 30.3 Å². The fourth-order valence-electron chi connectivity index (χ4n) is 3.68. The van der Waals surface area contributed by atoms with E-state index in [2.05, 4.69) is 4.98 Å². The molecule has 7 nitrogen and oxygen atoms in total. The van der Waals surface area contributed by atoms with Crippen molar-refractivity contribution in [3.8, 4) is 5.75 Å². The average molecular weight is 446 g/mol. The third-order valence-corrected chi connectivity index (χ3v) is 8.19. The van der Waals surface area contributed by atoms with Gasteiger partial charge in [0.25, 0.3) is 0 Å². The molecule has 0 radical (unpaired) electrons. The summed E-state index contributed by atoms with van der Waals surface area (Å²) in [6.07, 6.45) is 1.17. The molecule has 1 atom stereocenters. The molecule has 1 aliphatic rings. The van der Waals surface area contributed by atoms with Gasteiger partial charge >= 0.3 is 0 Å². The van der Waals surface area contributed by atoms with Gasteiger partial charge in [-0.3, -0.25) is 4.79 Å². The summed E-state index contributed by atoms with van der Waals surface area (Å²) in [6, 6.07) is 13.4. The minimum absolute atomic E-state index is 0.164. The molecule has 1 saturated heterocycles. The van der Waals surface area contributed by atoms with Crippen LogP contribution in [0.1, 0.15) is 17.8 Å². The van der Waals surface area contributed by atoms with Crippen molar-refractivity contribution < 1.29 is 17.9 Å². The molecule has 0 spiro atoms. The van der Waals surface area contributed by atoms with Crippen molar-refractivity contribution in [3.63, 3.8) is 0 Å². The molecule has 2 heterocycles. The lowest BCUT2D eigenvalue weighted by atomic mass is 10.2.